The second-order valence-electron chi connectivity index (χ2n) is 6.94. The zero-order valence-electron chi connectivity index (χ0n) is 15.1. The average Bonchev–Trinajstić information content (AvgIpc) is 2.64. The lowest BCUT2D eigenvalue weighted by Gasteiger charge is -2.22. The van der Waals surface area contributed by atoms with Crippen molar-refractivity contribution < 1.29 is 9.59 Å². The normalized spacial score (nSPS) is 15.0. The Morgan fingerprint density at radius 3 is 2.62 bits per heavy atom. The second kappa shape index (κ2) is 8.17. The minimum atomic E-state index is -0.343. The zero-order valence-corrected chi connectivity index (χ0v) is 15.1. The van der Waals surface area contributed by atoms with Crippen molar-refractivity contribution in [2.24, 2.45) is 0 Å². The molecule has 138 valence electrons. The van der Waals surface area contributed by atoms with Crippen LogP contribution in [0.2, 0.25) is 0 Å². The molecule has 2 amide bonds. The minimum absolute atomic E-state index is 0.0588. The van der Waals surface area contributed by atoms with Crippen molar-refractivity contribution in [3.63, 3.8) is 0 Å². The molecule has 0 radical (unpaired) electrons. The molecule has 6 heteroatoms. The Labute approximate surface area is 152 Å². The highest BCUT2D eigenvalue weighted by Crippen LogP contribution is 2.17. The molecule has 0 spiro atoms. The molecule has 1 saturated carbocycles. The van der Waals surface area contributed by atoms with Gasteiger partial charge in [-0.1, -0.05) is 37.5 Å². The molecular formula is C20H25N3O3. The van der Waals surface area contributed by atoms with Crippen LogP contribution in [0.15, 0.2) is 35.1 Å². The van der Waals surface area contributed by atoms with E-state index in [4.69, 9.17) is 0 Å². The van der Waals surface area contributed by atoms with Crippen LogP contribution in [0.1, 0.15) is 37.8 Å². The first kappa shape index (κ1) is 18.2. The summed E-state index contributed by atoms with van der Waals surface area (Å²) in [6.07, 6.45) is 5.52. The Kier molecular flexibility index (Phi) is 5.71. The third-order valence-electron chi connectivity index (χ3n) is 4.94. The number of aromatic nitrogens is 1. The molecule has 0 unspecified atom stereocenters. The number of carbonyl (C=O) groups is 2. The Morgan fingerprint density at radius 1 is 1.12 bits per heavy atom. The van der Waals surface area contributed by atoms with Gasteiger partial charge in [0, 0.05) is 17.1 Å². The van der Waals surface area contributed by atoms with Crippen molar-refractivity contribution in [3.8, 4) is 0 Å². The van der Waals surface area contributed by atoms with E-state index in [1.807, 2.05) is 18.2 Å². The Bertz CT molecular complexity index is 866. The van der Waals surface area contributed by atoms with Gasteiger partial charge in [-0.05, 0) is 37.3 Å². The van der Waals surface area contributed by atoms with E-state index >= 15 is 0 Å². The molecule has 0 aliphatic heterocycles. The van der Waals surface area contributed by atoms with Crippen molar-refractivity contribution in [1.82, 2.24) is 15.2 Å². The first-order valence-corrected chi connectivity index (χ1v) is 9.20. The van der Waals surface area contributed by atoms with Gasteiger partial charge in [0.15, 0.2) is 0 Å². The van der Waals surface area contributed by atoms with Crippen LogP contribution in [0.5, 0.6) is 0 Å². The van der Waals surface area contributed by atoms with Crippen molar-refractivity contribution in [2.45, 2.75) is 51.6 Å². The van der Waals surface area contributed by atoms with Crippen LogP contribution in [0.4, 0.5) is 0 Å². The van der Waals surface area contributed by atoms with E-state index in [1.165, 1.54) is 11.0 Å². The van der Waals surface area contributed by atoms with Gasteiger partial charge in [0.1, 0.15) is 6.54 Å². The van der Waals surface area contributed by atoms with E-state index in [9.17, 15) is 14.4 Å². The summed E-state index contributed by atoms with van der Waals surface area (Å²) >= 11 is 0. The van der Waals surface area contributed by atoms with Gasteiger partial charge in [0.05, 0.1) is 6.54 Å². The maximum atomic E-state index is 12.6. The summed E-state index contributed by atoms with van der Waals surface area (Å²) in [7, 11) is 0. The number of pyridine rings is 1. The van der Waals surface area contributed by atoms with Crippen LogP contribution >= 0.6 is 0 Å². The van der Waals surface area contributed by atoms with Crippen LogP contribution in [-0.2, 0) is 16.1 Å². The number of benzene rings is 1. The summed E-state index contributed by atoms with van der Waals surface area (Å²) in [5, 5.41) is 7.02. The smallest absolute Gasteiger partial charge is 0.259 e. The number of hydrogen-bond donors (Lipinski definition) is 2. The maximum absolute atomic E-state index is 12.6. The van der Waals surface area contributed by atoms with Crippen LogP contribution in [0.3, 0.4) is 0 Å². The monoisotopic (exact) mass is 355 g/mol. The van der Waals surface area contributed by atoms with E-state index in [0.29, 0.717) is 5.39 Å². The summed E-state index contributed by atoms with van der Waals surface area (Å²) in [4.78, 5) is 36.8. The lowest BCUT2D eigenvalue weighted by atomic mass is 9.95. The van der Waals surface area contributed by atoms with E-state index in [0.717, 1.165) is 36.8 Å². The van der Waals surface area contributed by atoms with Gasteiger partial charge in [-0.25, -0.2) is 0 Å². The molecule has 0 bridgehead atoms. The number of aryl methyl sites for hydroxylation is 1. The quantitative estimate of drug-likeness (QED) is 0.859. The predicted octanol–water partition coefficient (Wildman–Crippen LogP) is 1.88. The Hall–Kier alpha value is -2.63. The van der Waals surface area contributed by atoms with E-state index in [-0.39, 0.29) is 36.5 Å². The highest BCUT2D eigenvalue weighted by atomic mass is 16.2. The second-order valence-corrected chi connectivity index (χ2v) is 6.94. The molecule has 1 aromatic heterocycles. The first-order chi connectivity index (χ1) is 12.5. The number of hydrogen-bond acceptors (Lipinski definition) is 3. The predicted molar refractivity (Wildman–Crippen MR) is 101 cm³/mol. The molecular weight excluding hydrogens is 330 g/mol. The van der Waals surface area contributed by atoms with E-state index < -0.39 is 0 Å². The van der Waals surface area contributed by atoms with E-state index in [1.54, 1.807) is 19.1 Å². The third-order valence-corrected chi connectivity index (χ3v) is 4.94. The van der Waals surface area contributed by atoms with E-state index in [2.05, 4.69) is 10.6 Å². The third kappa shape index (κ3) is 4.31. The first-order valence-electron chi connectivity index (χ1n) is 9.20. The topological polar surface area (TPSA) is 80.2 Å². The summed E-state index contributed by atoms with van der Waals surface area (Å²) in [5.41, 5.74) is 0.526. The fourth-order valence-corrected chi connectivity index (χ4v) is 3.53. The minimum Gasteiger partial charge on any atom is -0.352 e. The van der Waals surface area contributed by atoms with Crippen molar-refractivity contribution in [1.29, 1.82) is 0 Å². The van der Waals surface area contributed by atoms with Crippen LogP contribution in [0.25, 0.3) is 10.8 Å². The molecule has 1 heterocycles. The van der Waals surface area contributed by atoms with Crippen LogP contribution in [0, 0.1) is 6.92 Å². The SMILES string of the molecule is Cc1cc2ccccc2c(=O)n1CC(=O)NCC(=O)NC1CCCCC1. The van der Waals surface area contributed by atoms with Gasteiger partial charge < -0.3 is 15.2 Å². The fourth-order valence-electron chi connectivity index (χ4n) is 3.53. The molecule has 1 fully saturated rings. The van der Waals surface area contributed by atoms with Gasteiger partial charge >= 0.3 is 0 Å². The molecule has 1 aliphatic carbocycles. The van der Waals surface area contributed by atoms with Crippen LogP contribution < -0.4 is 16.2 Å². The molecule has 0 atom stereocenters. The molecule has 6 nitrogen and oxygen atoms in total. The van der Waals surface area contributed by atoms with Gasteiger partial charge in [-0.3, -0.25) is 14.4 Å². The maximum Gasteiger partial charge on any atom is 0.259 e. The van der Waals surface area contributed by atoms with Gasteiger partial charge in [0.2, 0.25) is 11.8 Å². The number of nitrogens with zero attached hydrogens (tertiary/aromatic N) is 1. The summed E-state index contributed by atoms with van der Waals surface area (Å²) < 4.78 is 1.44. The summed E-state index contributed by atoms with van der Waals surface area (Å²) in [6.45, 7) is 1.65. The number of nitrogens with one attached hydrogen (secondary N) is 2. The molecule has 3 rings (SSSR count). The van der Waals surface area contributed by atoms with Crippen LogP contribution in [-0.4, -0.2) is 29.0 Å². The Balaban J connectivity index is 1.59. The molecule has 2 aromatic rings. The standard InChI is InChI=1S/C20H25N3O3/c1-14-11-15-7-5-6-10-17(15)20(26)23(14)13-19(25)21-12-18(24)22-16-8-3-2-4-9-16/h5-7,10-11,16H,2-4,8-9,12-13H2,1H3,(H,21,25)(H,22,24). The number of fused-ring (bicyclic) bond motifs is 1. The molecule has 0 saturated heterocycles. The lowest BCUT2D eigenvalue weighted by Crippen LogP contribution is -2.43. The fraction of sp³-hybridized carbons (Fsp3) is 0.450. The average molecular weight is 355 g/mol. The zero-order chi connectivity index (χ0) is 18.5. The van der Waals surface area contributed by atoms with Crippen molar-refractivity contribution in [3.05, 3.63) is 46.4 Å². The molecule has 2 N–H and O–H groups in total. The van der Waals surface area contributed by atoms with Gasteiger partial charge in [-0.15, -0.1) is 0 Å². The van der Waals surface area contributed by atoms with Gasteiger partial charge in [-0.2, -0.15) is 0 Å². The summed E-state index contributed by atoms with van der Waals surface area (Å²) in [6, 6.07) is 9.42. The highest BCUT2D eigenvalue weighted by Gasteiger charge is 2.16. The van der Waals surface area contributed by atoms with Crippen molar-refractivity contribution in [2.75, 3.05) is 6.54 Å². The molecule has 1 aliphatic rings. The number of amides is 2. The largest absolute Gasteiger partial charge is 0.352 e. The summed E-state index contributed by atoms with van der Waals surface area (Å²) in [5.74, 6) is -0.517. The Morgan fingerprint density at radius 2 is 1.85 bits per heavy atom. The van der Waals surface area contributed by atoms with Crippen molar-refractivity contribution >= 4 is 22.6 Å². The molecule has 26 heavy (non-hydrogen) atoms. The highest BCUT2D eigenvalue weighted by molar-refractivity contribution is 5.85. The number of carbonyl (C=O) groups excluding carboxylic acids is 2. The molecule has 1 aromatic carbocycles. The lowest BCUT2D eigenvalue weighted by molar-refractivity contribution is -0.126. The number of rotatable bonds is 5. The van der Waals surface area contributed by atoms with Gasteiger partial charge in [0.25, 0.3) is 5.56 Å².